The monoisotopic (exact) mass is 775 g/mol. The van der Waals surface area contributed by atoms with Crippen LogP contribution in [0.2, 0.25) is 0 Å². The minimum Gasteiger partial charge on any atom is -0.508 e. The maximum absolute atomic E-state index is 10.6. The molecule has 1 aliphatic heterocycles. The molecule has 2 heteroatoms. The highest BCUT2D eigenvalue weighted by Crippen LogP contribution is 2.73. The molecule has 0 aromatic heterocycles. The summed E-state index contributed by atoms with van der Waals surface area (Å²) in [4.78, 5) is 2.91. The van der Waals surface area contributed by atoms with Gasteiger partial charge in [0.25, 0.3) is 0 Å². The second-order valence-electron chi connectivity index (χ2n) is 22.2. The zero-order valence-electron chi connectivity index (χ0n) is 34.7. The quantitative estimate of drug-likeness (QED) is 0.104. The van der Waals surface area contributed by atoms with Gasteiger partial charge in [0, 0.05) is 47.4 Å². The molecular formula is C58H49NO. The van der Waals surface area contributed by atoms with E-state index in [1.54, 1.807) is 114 Å². The minimum absolute atomic E-state index is 0.0734. The fourth-order valence-electron chi connectivity index (χ4n) is 18.7. The Morgan fingerprint density at radius 1 is 0.700 bits per heavy atom. The van der Waals surface area contributed by atoms with Gasteiger partial charge in [0.1, 0.15) is 5.75 Å². The molecule has 1 N–H and O–H groups in total. The first kappa shape index (κ1) is 31.1. The first-order valence-electron chi connectivity index (χ1n) is 24.5. The van der Waals surface area contributed by atoms with Crippen LogP contribution < -0.4 is 15.3 Å². The van der Waals surface area contributed by atoms with E-state index in [0.717, 1.165) is 18.9 Å². The summed E-state index contributed by atoms with van der Waals surface area (Å²) in [6.45, 7) is 3.42. The van der Waals surface area contributed by atoms with Crippen LogP contribution in [0.15, 0.2) is 54.1 Å². The predicted molar refractivity (Wildman–Crippen MR) is 247 cm³/mol. The van der Waals surface area contributed by atoms with E-state index in [1.165, 1.54) is 94.5 Å². The summed E-state index contributed by atoms with van der Waals surface area (Å²) in [7, 11) is 0. The molecular weight excluding hydrogens is 727 g/mol. The number of rotatable bonds is 11. The van der Waals surface area contributed by atoms with Crippen molar-refractivity contribution in [2.75, 3.05) is 11.4 Å². The number of aromatic hydroxyl groups is 1. The first-order chi connectivity index (χ1) is 29.6. The van der Waals surface area contributed by atoms with E-state index in [4.69, 9.17) is 0 Å². The standard InChI is InChI=1S/C58H49NO/c1-2-3-4-5-6-7-8-9-10-11-35-56-34-22-30-20-27-18-28-17-25-16-26-19-29-21-31-23-58(56,24-59(35)32-12-14-33(60)15-13-32)57-42(31)47-41(29)46-37(26)36(25)44-40(28)45-38(27)39(30)48-43(34)55(57)54-52(47)50(46)49(44)51(45)53(48)54/h12-15,17,19,21-22,27-28,34-35,38,40,56,60H,2-11,16,18,20,23-24H2,1H3. The normalized spacial score (nSPS) is 30.8. The van der Waals surface area contributed by atoms with Crippen LogP contribution in [-0.2, 0) is 18.3 Å². The lowest BCUT2D eigenvalue weighted by Gasteiger charge is -2.44. The molecule has 2 saturated carbocycles. The van der Waals surface area contributed by atoms with Gasteiger partial charge in [-0.2, -0.15) is 0 Å². The number of benzene rings is 6. The molecule has 60 heavy (non-hydrogen) atoms. The molecule has 18 rings (SSSR count). The van der Waals surface area contributed by atoms with Gasteiger partial charge in [0.15, 0.2) is 0 Å². The van der Waals surface area contributed by atoms with Gasteiger partial charge in [-0.25, -0.2) is 0 Å². The first-order valence-corrected chi connectivity index (χ1v) is 24.5. The Hall–Kier alpha value is -4.82. The van der Waals surface area contributed by atoms with Gasteiger partial charge in [0.05, 0.1) is 0 Å². The largest absolute Gasteiger partial charge is 0.508 e. The summed E-state index contributed by atoms with van der Waals surface area (Å²) in [6.07, 6.45) is 24.4. The lowest BCUT2D eigenvalue weighted by atomic mass is 9.57. The van der Waals surface area contributed by atoms with Crippen molar-refractivity contribution in [1.82, 2.24) is 0 Å². The van der Waals surface area contributed by atoms with E-state index < -0.39 is 0 Å². The van der Waals surface area contributed by atoms with Gasteiger partial charge < -0.3 is 10.0 Å². The van der Waals surface area contributed by atoms with E-state index in [9.17, 15) is 5.11 Å². The molecule has 9 aliphatic carbocycles. The van der Waals surface area contributed by atoms with Gasteiger partial charge in [0.2, 0.25) is 0 Å². The summed E-state index contributed by atoms with van der Waals surface area (Å²) in [6, 6.07) is 14.3. The summed E-state index contributed by atoms with van der Waals surface area (Å²) >= 11 is 0. The highest BCUT2D eigenvalue weighted by atomic mass is 16.3. The van der Waals surface area contributed by atoms with Crippen LogP contribution in [0.4, 0.5) is 5.69 Å². The van der Waals surface area contributed by atoms with Crippen LogP contribution in [0, 0.1) is 23.7 Å². The maximum atomic E-state index is 10.6. The van der Waals surface area contributed by atoms with Crippen molar-refractivity contribution in [3.63, 3.8) is 0 Å². The van der Waals surface area contributed by atoms with E-state index in [0.29, 0.717) is 41.4 Å². The molecule has 10 aliphatic rings. The summed E-state index contributed by atoms with van der Waals surface area (Å²) < 4.78 is 0. The van der Waals surface area contributed by atoms with Crippen molar-refractivity contribution < 1.29 is 5.11 Å². The third-order valence-electron chi connectivity index (χ3n) is 20.0. The van der Waals surface area contributed by atoms with Crippen molar-refractivity contribution in [1.29, 1.82) is 0 Å². The van der Waals surface area contributed by atoms with Crippen LogP contribution >= 0.6 is 0 Å². The molecule has 8 aromatic rings. The predicted octanol–water partition coefficient (Wildman–Crippen LogP) is 12.3. The summed E-state index contributed by atoms with van der Waals surface area (Å²) in [5.74, 6) is 4.00. The summed E-state index contributed by atoms with van der Waals surface area (Å²) in [5, 5.41) is 34.4. The van der Waals surface area contributed by atoms with Crippen LogP contribution in [0.3, 0.4) is 0 Å². The molecule has 1 spiro atoms. The molecule has 8 unspecified atom stereocenters. The molecule has 8 aromatic carbocycles. The number of hydrogen-bond acceptors (Lipinski definition) is 2. The van der Waals surface area contributed by atoms with Crippen LogP contribution in [0.5, 0.6) is 5.75 Å². The third kappa shape index (κ3) is 2.93. The Morgan fingerprint density at radius 3 is 2.33 bits per heavy atom. The van der Waals surface area contributed by atoms with Crippen molar-refractivity contribution in [3.05, 3.63) is 97.9 Å². The smallest absolute Gasteiger partial charge is 0.115 e. The Morgan fingerprint density at radius 2 is 1.47 bits per heavy atom. The number of allylic oxidation sites excluding steroid dienone is 4. The average Bonchev–Trinajstić information content (AvgIpc) is 4.11. The number of unbranched alkanes of at least 4 members (excludes halogenated alkanes) is 8. The van der Waals surface area contributed by atoms with Gasteiger partial charge in [-0.05, 0) is 199 Å². The van der Waals surface area contributed by atoms with Crippen molar-refractivity contribution in [3.8, 4) is 5.75 Å². The molecule has 1 heterocycles. The van der Waals surface area contributed by atoms with E-state index in [-0.39, 0.29) is 5.41 Å². The summed E-state index contributed by atoms with van der Waals surface area (Å²) in [5.41, 5.74) is 19.0. The minimum atomic E-state index is 0.0734. The average molecular weight is 776 g/mol. The molecule has 8 atom stereocenters. The molecule has 2 nitrogen and oxygen atoms in total. The third-order valence-corrected chi connectivity index (χ3v) is 20.0. The molecule has 0 bridgehead atoms. The topological polar surface area (TPSA) is 23.5 Å². The van der Waals surface area contributed by atoms with Gasteiger partial charge in [-0.15, -0.1) is 0 Å². The van der Waals surface area contributed by atoms with Crippen LogP contribution in [0.25, 0.3) is 81.4 Å². The van der Waals surface area contributed by atoms with E-state index in [2.05, 4.69) is 48.2 Å². The van der Waals surface area contributed by atoms with Crippen LogP contribution in [-0.4, -0.2) is 17.7 Å². The molecule has 0 radical (unpaired) electrons. The van der Waals surface area contributed by atoms with Crippen molar-refractivity contribution in [2.45, 2.75) is 120 Å². The second-order valence-corrected chi connectivity index (χ2v) is 22.2. The maximum Gasteiger partial charge on any atom is 0.115 e. The zero-order chi connectivity index (χ0) is 38.4. The number of phenols is 1. The fourth-order valence-corrected chi connectivity index (χ4v) is 18.7. The molecule has 1 saturated heterocycles. The molecule has 292 valence electrons. The Bertz CT molecular complexity index is 3600. The number of hydrogen-bond donors (Lipinski definition) is 1. The number of phenolic OH excluding ortho intramolecular Hbond substituents is 1. The Balaban J connectivity index is 0.948. The fraction of sp³-hybridized carbons (Fsp3) is 0.414. The molecule has 0 amide bonds. The highest BCUT2D eigenvalue weighted by molar-refractivity contribution is 6.51. The lowest BCUT2D eigenvalue weighted by Crippen LogP contribution is -2.45. The zero-order valence-corrected chi connectivity index (χ0v) is 34.7. The van der Waals surface area contributed by atoms with E-state index in [1.807, 2.05) is 23.3 Å². The highest BCUT2D eigenvalue weighted by Gasteiger charge is 2.64. The number of fused-ring (bicyclic) bond motifs is 1. The van der Waals surface area contributed by atoms with Gasteiger partial charge in [-0.3, -0.25) is 0 Å². The van der Waals surface area contributed by atoms with Crippen LogP contribution in [0.1, 0.15) is 129 Å². The number of anilines is 1. The van der Waals surface area contributed by atoms with Gasteiger partial charge in [-0.1, -0.05) is 89.0 Å². The number of nitrogens with zero attached hydrogens (tertiary/aromatic N) is 1. The Labute approximate surface area is 349 Å². The van der Waals surface area contributed by atoms with Crippen molar-refractivity contribution in [2.24, 2.45) is 23.7 Å². The lowest BCUT2D eigenvalue weighted by molar-refractivity contribution is 0.271. The Kier molecular flexibility index (Phi) is 4.99. The van der Waals surface area contributed by atoms with Gasteiger partial charge >= 0.3 is 0 Å². The molecule has 3 fully saturated rings. The SMILES string of the molecule is CCCCCCCCCCCC1C2C3C=C4CC5CC6C=C7Cc8cc9cc%10c%11c(c%12c3c3c%13c%14c%15c(c7c8c7c9c%11c(c%12%13)c%157)C6C=%14C5C=34)C2(C%10)CN1c1ccc(O)cc1. The van der Waals surface area contributed by atoms with E-state index >= 15 is 0 Å². The van der Waals surface area contributed by atoms with Crippen molar-refractivity contribution >= 4 is 87.0 Å². The second kappa shape index (κ2) is 9.62.